The molecule has 0 bridgehead atoms. The summed E-state index contributed by atoms with van der Waals surface area (Å²) in [6.07, 6.45) is 0. The number of esters is 1. The van der Waals surface area contributed by atoms with Crippen molar-refractivity contribution in [2.24, 2.45) is 0 Å². The average molecular weight is 444 g/mol. The molecular formula is C22H25N3O5S. The van der Waals surface area contributed by atoms with Gasteiger partial charge >= 0.3 is 5.97 Å². The van der Waals surface area contributed by atoms with E-state index < -0.39 is 5.97 Å². The number of anilines is 2. The fraction of sp³-hybridized carbons (Fsp3) is 0.318. The molecule has 1 aliphatic heterocycles. The minimum absolute atomic E-state index is 0.113. The van der Waals surface area contributed by atoms with Crippen LogP contribution in [-0.4, -0.2) is 57.0 Å². The van der Waals surface area contributed by atoms with Crippen LogP contribution in [0.2, 0.25) is 0 Å². The van der Waals surface area contributed by atoms with Crippen LogP contribution < -0.4 is 20.3 Å². The molecule has 0 radical (unpaired) electrons. The number of carbonyl (C=O) groups is 2. The van der Waals surface area contributed by atoms with Crippen LogP contribution in [0.15, 0.2) is 42.5 Å². The van der Waals surface area contributed by atoms with E-state index >= 15 is 0 Å². The highest BCUT2D eigenvalue weighted by atomic mass is 32.1. The number of hydrogen-bond acceptors (Lipinski definition) is 7. The van der Waals surface area contributed by atoms with Crippen molar-refractivity contribution in [3.63, 3.8) is 0 Å². The zero-order valence-corrected chi connectivity index (χ0v) is 18.3. The first-order chi connectivity index (χ1) is 15.0. The molecule has 9 heteroatoms. The first-order valence-electron chi connectivity index (χ1n) is 9.92. The zero-order chi connectivity index (χ0) is 22.2. The highest BCUT2D eigenvalue weighted by molar-refractivity contribution is 7.80. The second-order valence-electron chi connectivity index (χ2n) is 6.69. The highest BCUT2D eigenvalue weighted by Gasteiger charge is 2.20. The number of carbonyl (C=O) groups excluding carboxylic acids is 2. The van der Waals surface area contributed by atoms with E-state index in [1.54, 1.807) is 43.3 Å². The SMILES string of the molecule is CCOC(=O)c1cc(NC(=S)NC(=O)c2cccc(OC)c2)ccc1N1CCOCC1. The minimum atomic E-state index is -0.418. The lowest BCUT2D eigenvalue weighted by molar-refractivity contribution is 0.0526. The molecule has 164 valence electrons. The standard InChI is InChI=1S/C22H25N3O5S/c1-3-30-21(27)18-14-16(7-8-19(18)25-9-11-29-12-10-25)23-22(31)24-20(26)15-5-4-6-17(13-15)28-2/h4-8,13-14H,3,9-12H2,1-2H3,(H2,23,24,26,31). The molecule has 0 aromatic heterocycles. The third kappa shape index (κ3) is 5.93. The van der Waals surface area contributed by atoms with Gasteiger partial charge in [0.15, 0.2) is 5.11 Å². The predicted molar refractivity (Wildman–Crippen MR) is 122 cm³/mol. The molecule has 3 rings (SSSR count). The number of nitrogens with one attached hydrogen (secondary N) is 2. The molecule has 31 heavy (non-hydrogen) atoms. The summed E-state index contributed by atoms with van der Waals surface area (Å²) in [5.74, 6) is -0.213. The third-order valence-electron chi connectivity index (χ3n) is 4.66. The molecular weight excluding hydrogens is 418 g/mol. The Morgan fingerprint density at radius 2 is 1.94 bits per heavy atom. The van der Waals surface area contributed by atoms with Crippen molar-refractivity contribution in [3.8, 4) is 5.75 Å². The summed E-state index contributed by atoms with van der Waals surface area (Å²) in [4.78, 5) is 27.1. The maximum absolute atomic E-state index is 12.5. The van der Waals surface area contributed by atoms with Gasteiger partial charge in [-0.15, -0.1) is 0 Å². The van der Waals surface area contributed by atoms with E-state index in [2.05, 4.69) is 15.5 Å². The zero-order valence-electron chi connectivity index (χ0n) is 17.5. The summed E-state index contributed by atoms with van der Waals surface area (Å²) < 4.78 is 15.8. The highest BCUT2D eigenvalue weighted by Crippen LogP contribution is 2.26. The molecule has 2 aromatic rings. The van der Waals surface area contributed by atoms with Crippen molar-refractivity contribution < 1.29 is 23.8 Å². The minimum Gasteiger partial charge on any atom is -0.497 e. The van der Waals surface area contributed by atoms with Crippen LogP contribution in [0.4, 0.5) is 11.4 Å². The van der Waals surface area contributed by atoms with Crippen LogP contribution in [0.5, 0.6) is 5.75 Å². The largest absolute Gasteiger partial charge is 0.497 e. The van der Waals surface area contributed by atoms with E-state index in [9.17, 15) is 9.59 Å². The second-order valence-corrected chi connectivity index (χ2v) is 7.10. The van der Waals surface area contributed by atoms with Gasteiger partial charge in [-0.25, -0.2) is 4.79 Å². The number of benzene rings is 2. The van der Waals surface area contributed by atoms with Gasteiger partial charge in [0.2, 0.25) is 0 Å². The number of hydrogen-bond donors (Lipinski definition) is 2. The molecule has 2 N–H and O–H groups in total. The van der Waals surface area contributed by atoms with Gasteiger partial charge in [0, 0.05) is 24.3 Å². The quantitative estimate of drug-likeness (QED) is 0.521. The number of rotatable bonds is 6. The van der Waals surface area contributed by atoms with Crippen molar-refractivity contribution in [2.75, 3.05) is 50.2 Å². The van der Waals surface area contributed by atoms with Crippen LogP contribution in [0.3, 0.4) is 0 Å². The van der Waals surface area contributed by atoms with E-state index in [4.69, 9.17) is 26.4 Å². The van der Waals surface area contributed by atoms with E-state index in [1.807, 2.05) is 6.07 Å². The fourth-order valence-corrected chi connectivity index (χ4v) is 3.38. The summed E-state index contributed by atoms with van der Waals surface area (Å²) in [7, 11) is 1.53. The van der Waals surface area contributed by atoms with Crippen LogP contribution in [0, 0.1) is 0 Å². The Morgan fingerprint density at radius 3 is 2.65 bits per heavy atom. The van der Waals surface area contributed by atoms with Crippen LogP contribution in [0.1, 0.15) is 27.6 Å². The van der Waals surface area contributed by atoms with Crippen LogP contribution >= 0.6 is 12.2 Å². The van der Waals surface area contributed by atoms with E-state index in [0.29, 0.717) is 48.9 Å². The molecule has 1 amide bonds. The van der Waals surface area contributed by atoms with E-state index in [1.165, 1.54) is 7.11 Å². The van der Waals surface area contributed by atoms with Crippen molar-refractivity contribution in [3.05, 3.63) is 53.6 Å². The number of nitrogens with zero attached hydrogens (tertiary/aromatic N) is 1. The Labute approximate surface area is 186 Å². The number of methoxy groups -OCH3 is 1. The van der Waals surface area contributed by atoms with Crippen molar-refractivity contribution in [1.82, 2.24) is 5.32 Å². The Hall–Kier alpha value is -3.17. The van der Waals surface area contributed by atoms with Gasteiger partial charge in [0.25, 0.3) is 5.91 Å². The molecule has 0 spiro atoms. The molecule has 2 aromatic carbocycles. The Bertz CT molecular complexity index is 960. The Kier molecular flexibility index (Phi) is 7.80. The normalized spacial score (nSPS) is 13.3. The monoisotopic (exact) mass is 443 g/mol. The molecule has 0 aliphatic carbocycles. The van der Waals surface area contributed by atoms with Gasteiger partial charge in [-0.05, 0) is 55.5 Å². The molecule has 1 aliphatic rings. The summed E-state index contributed by atoms with van der Waals surface area (Å²) in [5.41, 5.74) is 2.18. The van der Waals surface area contributed by atoms with Gasteiger partial charge in [0.05, 0.1) is 38.2 Å². The molecule has 0 saturated carbocycles. The summed E-state index contributed by atoms with van der Waals surface area (Å²) in [6, 6.07) is 12.1. The van der Waals surface area contributed by atoms with Crippen LogP contribution in [-0.2, 0) is 9.47 Å². The van der Waals surface area contributed by atoms with Gasteiger partial charge in [0.1, 0.15) is 5.75 Å². The first-order valence-corrected chi connectivity index (χ1v) is 10.3. The van der Waals surface area contributed by atoms with Gasteiger partial charge in [-0.1, -0.05) is 6.07 Å². The molecule has 1 saturated heterocycles. The smallest absolute Gasteiger partial charge is 0.340 e. The number of amides is 1. The summed E-state index contributed by atoms with van der Waals surface area (Å²) in [5, 5.41) is 5.70. The average Bonchev–Trinajstić information content (AvgIpc) is 2.79. The number of thiocarbonyl (C=S) groups is 1. The van der Waals surface area contributed by atoms with Crippen molar-refractivity contribution >= 4 is 40.6 Å². The second kappa shape index (κ2) is 10.7. The maximum Gasteiger partial charge on any atom is 0.340 e. The summed E-state index contributed by atoms with van der Waals surface area (Å²) in [6.45, 7) is 4.61. The van der Waals surface area contributed by atoms with E-state index in [0.717, 1.165) is 5.69 Å². The first kappa shape index (κ1) is 22.5. The molecule has 1 heterocycles. The van der Waals surface area contributed by atoms with Crippen molar-refractivity contribution in [1.29, 1.82) is 0 Å². The van der Waals surface area contributed by atoms with Gasteiger partial charge in [-0.2, -0.15) is 0 Å². The lowest BCUT2D eigenvalue weighted by atomic mass is 10.1. The van der Waals surface area contributed by atoms with Gasteiger partial charge in [-0.3, -0.25) is 10.1 Å². The molecule has 1 fully saturated rings. The fourth-order valence-electron chi connectivity index (χ4n) is 3.17. The number of ether oxygens (including phenoxy) is 3. The Balaban J connectivity index is 1.74. The molecule has 8 nitrogen and oxygen atoms in total. The number of morpholine rings is 1. The van der Waals surface area contributed by atoms with Gasteiger partial charge < -0.3 is 24.4 Å². The maximum atomic E-state index is 12.5. The molecule has 0 atom stereocenters. The summed E-state index contributed by atoms with van der Waals surface area (Å²) >= 11 is 5.27. The lowest BCUT2D eigenvalue weighted by Crippen LogP contribution is -2.37. The topological polar surface area (TPSA) is 89.1 Å². The molecule has 0 unspecified atom stereocenters. The van der Waals surface area contributed by atoms with Crippen LogP contribution in [0.25, 0.3) is 0 Å². The van der Waals surface area contributed by atoms with E-state index in [-0.39, 0.29) is 17.6 Å². The predicted octanol–water partition coefficient (Wildman–Crippen LogP) is 2.84. The third-order valence-corrected chi connectivity index (χ3v) is 4.86. The lowest BCUT2D eigenvalue weighted by Gasteiger charge is -2.30. The van der Waals surface area contributed by atoms with Crippen molar-refractivity contribution in [2.45, 2.75) is 6.92 Å². The Morgan fingerprint density at radius 1 is 1.16 bits per heavy atom.